The SMILES string of the molecule is CC[C@H](C)[C@@H]1NC(=O)CNC(=O)[C@H]2Cc3c([nH]c4c(CN5CCN(C(=O)CCCCCN6C(=O)C=CC6=O)CC5)c(O)ccc34)SC[C@H](NC(=O)CNC1=O)C(=O)N[C@@H](CC(N)=O)C(=O)N1C[C@H](O)C[C@H]1C(=O)N[C@@H]([C@@H](C)[C@@H](O)CO)C(=O)N2. The molecule has 0 unspecified atom stereocenters. The van der Waals surface area contributed by atoms with Crippen molar-refractivity contribution >= 4 is 93.6 Å². The lowest BCUT2D eigenvalue weighted by atomic mass is 9.93. The Morgan fingerprint density at radius 2 is 1.46 bits per heavy atom. The maximum Gasteiger partial charge on any atom is 0.253 e. The highest BCUT2D eigenvalue weighted by Crippen LogP contribution is 2.37. The van der Waals surface area contributed by atoms with Gasteiger partial charge in [-0.1, -0.05) is 33.6 Å². The number of phenols is 1. The summed E-state index contributed by atoms with van der Waals surface area (Å²) in [5, 5.41) is 61.9. The molecule has 0 radical (unpaired) electrons. The summed E-state index contributed by atoms with van der Waals surface area (Å²) in [4.78, 5) is 173. The van der Waals surface area contributed by atoms with Crippen LogP contribution < -0.4 is 43.0 Å². The second-order valence-corrected chi connectivity index (χ2v) is 22.9. The molecule has 2 saturated heterocycles. The van der Waals surface area contributed by atoms with Gasteiger partial charge in [-0.3, -0.25) is 67.3 Å². The van der Waals surface area contributed by atoms with Gasteiger partial charge in [-0.25, -0.2) is 0 Å². The number of imide groups is 1. The van der Waals surface area contributed by atoms with Crippen molar-refractivity contribution in [2.45, 2.75) is 132 Å². The fraction of sp³-hybridized carbons (Fsp3) is 0.593. The molecule has 30 heteroatoms. The van der Waals surface area contributed by atoms with Crippen LogP contribution in [0.3, 0.4) is 0 Å². The minimum absolute atomic E-state index is 0.0665. The third-order valence-corrected chi connectivity index (χ3v) is 17.1. The van der Waals surface area contributed by atoms with Gasteiger partial charge >= 0.3 is 0 Å². The Hall–Kier alpha value is -7.67. The van der Waals surface area contributed by atoms with Gasteiger partial charge in [0.1, 0.15) is 42.0 Å². The Balaban J connectivity index is 1.27. The van der Waals surface area contributed by atoms with Gasteiger partial charge in [-0.2, -0.15) is 0 Å². The maximum atomic E-state index is 14.8. The molecule has 5 aliphatic rings. The number of carbonyl (C=O) groups excluding carboxylic acids is 12. The first kappa shape index (κ1) is 63.9. The fourth-order valence-corrected chi connectivity index (χ4v) is 11.9. The van der Waals surface area contributed by atoms with E-state index < -0.39 is 159 Å². The van der Waals surface area contributed by atoms with Crippen molar-refractivity contribution < 1.29 is 78.0 Å². The summed E-state index contributed by atoms with van der Waals surface area (Å²) >= 11 is 0.931. The number of aromatic hydroxyl groups is 1. The average molecular weight is 1190 g/mol. The highest BCUT2D eigenvalue weighted by Gasteiger charge is 2.45. The number of phenolic OH excluding ortho intramolecular Hbond substituents is 1. The number of hydrogen-bond donors (Lipinski definition) is 13. The zero-order chi connectivity index (χ0) is 61.1. The van der Waals surface area contributed by atoms with E-state index in [-0.39, 0.29) is 53.8 Å². The predicted molar refractivity (Wildman–Crippen MR) is 298 cm³/mol. The Kier molecular flexibility index (Phi) is 21.9. The van der Waals surface area contributed by atoms with Gasteiger partial charge in [0.2, 0.25) is 59.1 Å². The topological polar surface area (TPSA) is 425 Å². The Morgan fingerprint density at radius 3 is 2.13 bits per heavy atom. The van der Waals surface area contributed by atoms with Crippen LogP contribution in [0.1, 0.15) is 76.8 Å². The van der Waals surface area contributed by atoms with Crippen molar-refractivity contribution in [2.24, 2.45) is 17.6 Å². The van der Waals surface area contributed by atoms with Crippen LogP contribution in [-0.2, 0) is 70.5 Å². The molecule has 0 aliphatic carbocycles. The number of nitrogens with zero attached hydrogens (tertiary/aromatic N) is 4. The number of rotatable bonds is 15. The Labute approximate surface area is 487 Å². The van der Waals surface area contributed by atoms with E-state index in [1.165, 1.54) is 25.1 Å². The first-order valence-electron chi connectivity index (χ1n) is 28.1. The largest absolute Gasteiger partial charge is 0.508 e. The number of aromatic amines is 1. The number of carbonyl (C=O) groups is 12. The second-order valence-electron chi connectivity index (χ2n) is 21.8. The number of aliphatic hydroxyl groups excluding tert-OH is 3. The maximum absolute atomic E-state index is 14.8. The number of unbranched alkanes of at least 4 members (excludes halogenated alkanes) is 2. The normalized spacial score (nSPS) is 25.8. The van der Waals surface area contributed by atoms with E-state index >= 15 is 0 Å². The van der Waals surface area contributed by atoms with Crippen molar-refractivity contribution in [1.82, 2.24) is 61.8 Å². The minimum Gasteiger partial charge on any atom is -0.508 e. The van der Waals surface area contributed by atoms with Crippen LogP contribution in [0, 0.1) is 11.8 Å². The summed E-state index contributed by atoms with van der Waals surface area (Å²) in [5.41, 5.74) is 6.60. The molecule has 6 heterocycles. The predicted octanol–water partition coefficient (Wildman–Crippen LogP) is -4.81. The molecule has 29 nitrogen and oxygen atoms in total. The van der Waals surface area contributed by atoms with Crippen LogP contribution >= 0.6 is 11.8 Å². The molecule has 458 valence electrons. The number of H-pyrrole nitrogens is 1. The molecule has 14 N–H and O–H groups in total. The highest BCUT2D eigenvalue weighted by atomic mass is 32.2. The molecule has 12 amide bonds. The molecule has 7 rings (SSSR count). The van der Waals surface area contributed by atoms with Crippen LogP contribution in [0.4, 0.5) is 0 Å². The summed E-state index contributed by atoms with van der Waals surface area (Å²) in [6.45, 7) is 3.75. The zero-order valence-corrected chi connectivity index (χ0v) is 47.8. The summed E-state index contributed by atoms with van der Waals surface area (Å²) in [5.74, 6) is -11.9. The minimum atomic E-state index is -1.80. The number of thioether (sulfide) groups is 1. The molecule has 84 heavy (non-hydrogen) atoms. The number of primary amides is 1. The van der Waals surface area contributed by atoms with Gasteiger partial charge < -0.3 is 78.2 Å². The summed E-state index contributed by atoms with van der Waals surface area (Å²) < 4.78 is 0. The van der Waals surface area contributed by atoms with Gasteiger partial charge in [-0.05, 0) is 36.5 Å². The van der Waals surface area contributed by atoms with E-state index in [0.29, 0.717) is 73.9 Å². The molecule has 1 aromatic carbocycles. The smallest absolute Gasteiger partial charge is 0.253 e. The molecule has 5 aliphatic heterocycles. The number of piperazine rings is 1. The molecule has 2 bridgehead atoms. The monoisotopic (exact) mass is 1190 g/mol. The number of benzene rings is 1. The molecule has 10 atom stereocenters. The quantitative estimate of drug-likeness (QED) is 0.0588. The standard InChI is InChI=1S/C54H75N13O16S/c1-4-27(2)45-51(81)57-21-40(73)58-35-26-84-53-31(30-9-10-37(70)32(47(30)63-53)24-64-14-16-65(17-15-64)42(75)8-6-5-7-13-66-43(76)11-12-44(66)77)19-33(48(78)56-22-41(74)61-45)59-52(82)46(28(3)38(71)25-68)62-50(80)36-18-29(69)23-67(36)54(83)34(20-39(55)72)60-49(35)79/h9-12,27-29,33-36,38,45-46,63,68-71H,4-8,13-26H2,1-3H3,(H2,55,72)(H,56,78)(H,57,81)(H,58,73)(H,59,82)(H,60,79)(H,61,74)(H,62,80)/t27-,28-,29+,33+,34-,35-,36-,38-,45-,46-/m0/s1. The summed E-state index contributed by atoms with van der Waals surface area (Å²) in [7, 11) is 0. The first-order chi connectivity index (χ1) is 40.0. The first-order valence-corrected chi connectivity index (χ1v) is 29.1. The van der Waals surface area contributed by atoms with Crippen LogP contribution in [0.15, 0.2) is 29.3 Å². The molecular weight excluding hydrogens is 1120 g/mol. The third kappa shape index (κ3) is 15.7. The van der Waals surface area contributed by atoms with Gasteiger partial charge in [0.15, 0.2) is 0 Å². The zero-order valence-electron chi connectivity index (χ0n) is 47.0. The lowest BCUT2D eigenvalue weighted by Crippen LogP contribution is -2.62. The van der Waals surface area contributed by atoms with Gasteiger partial charge in [0.25, 0.3) is 11.8 Å². The molecule has 2 fully saturated rings. The number of hydrogen-bond acceptors (Lipinski definition) is 18. The van der Waals surface area contributed by atoms with Crippen LogP contribution in [0.5, 0.6) is 5.75 Å². The second kappa shape index (κ2) is 28.7. The Morgan fingerprint density at radius 1 is 0.786 bits per heavy atom. The van der Waals surface area contributed by atoms with Crippen molar-refractivity contribution in [3.63, 3.8) is 0 Å². The molecule has 0 saturated carbocycles. The number of nitrogens with one attached hydrogen (secondary N) is 8. The van der Waals surface area contributed by atoms with Crippen LogP contribution in [-0.4, -0.2) is 229 Å². The van der Waals surface area contributed by atoms with Crippen LogP contribution in [0.25, 0.3) is 10.9 Å². The lowest BCUT2D eigenvalue weighted by molar-refractivity contribution is -0.144. The number of aromatic nitrogens is 1. The fourth-order valence-electron chi connectivity index (χ4n) is 10.8. The number of aliphatic hydroxyl groups is 3. The van der Waals surface area contributed by atoms with E-state index in [1.54, 1.807) is 24.8 Å². The van der Waals surface area contributed by atoms with Crippen molar-refractivity contribution in [3.8, 4) is 5.75 Å². The average Bonchev–Trinajstić information content (AvgIpc) is 2.60. The van der Waals surface area contributed by atoms with E-state index in [2.05, 4.69) is 42.2 Å². The van der Waals surface area contributed by atoms with Gasteiger partial charge in [-0.15, -0.1) is 11.8 Å². The molecule has 2 aromatic rings. The number of amides is 12. The van der Waals surface area contributed by atoms with E-state index in [4.69, 9.17) is 5.73 Å². The molecular formula is C54H75N13O16S. The van der Waals surface area contributed by atoms with Gasteiger partial charge in [0, 0.05) is 99.8 Å². The number of fused-ring (bicyclic) bond motifs is 5. The number of nitrogens with two attached hydrogens (primary N) is 1. The summed E-state index contributed by atoms with van der Waals surface area (Å²) in [6.07, 6.45) is 0.141. The van der Waals surface area contributed by atoms with Crippen LogP contribution in [0.2, 0.25) is 0 Å². The molecule has 0 spiro atoms. The highest BCUT2D eigenvalue weighted by molar-refractivity contribution is 7.99. The van der Waals surface area contributed by atoms with E-state index in [0.717, 1.165) is 21.6 Å². The Bertz CT molecular complexity index is 2890. The third-order valence-electron chi connectivity index (χ3n) is 15.9. The lowest BCUT2D eigenvalue weighted by Gasteiger charge is -2.35. The van der Waals surface area contributed by atoms with Crippen molar-refractivity contribution in [1.29, 1.82) is 0 Å². The van der Waals surface area contributed by atoms with Gasteiger partial charge in [0.05, 0.1) is 48.9 Å². The van der Waals surface area contributed by atoms with E-state index in [1.807, 2.05) is 4.90 Å². The van der Waals surface area contributed by atoms with Crippen molar-refractivity contribution in [2.75, 3.05) is 64.7 Å². The van der Waals surface area contributed by atoms with Crippen molar-refractivity contribution in [3.05, 3.63) is 35.4 Å². The molecule has 1 aromatic heterocycles. The summed E-state index contributed by atoms with van der Waals surface area (Å²) in [6, 6.07) is -6.68. The van der Waals surface area contributed by atoms with E-state index in [9.17, 15) is 78.0 Å².